The second-order valence-electron chi connectivity index (χ2n) is 8.55. The Morgan fingerprint density at radius 2 is 1.53 bits per heavy atom. The lowest BCUT2D eigenvalue weighted by atomic mass is 9.98. The van der Waals surface area contributed by atoms with Crippen LogP contribution < -0.4 is 15.4 Å². The molecule has 0 unspecified atom stereocenters. The zero-order valence-electron chi connectivity index (χ0n) is 18.1. The van der Waals surface area contributed by atoms with Crippen molar-refractivity contribution in [3.05, 3.63) is 87.1 Å². The molecule has 3 heterocycles. The van der Waals surface area contributed by atoms with Gasteiger partial charge >= 0.3 is 6.18 Å². The van der Waals surface area contributed by atoms with Crippen LogP contribution in [0.1, 0.15) is 46.4 Å². The molecule has 1 amide bonds. The topological polar surface area (TPSA) is 56.4 Å². The van der Waals surface area contributed by atoms with E-state index >= 15 is 0 Å². The summed E-state index contributed by atoms with van der Waals surface area (Å²) in [5.41, 5.74) is 1.35. The van der Waals surface area contributed by atoms with Crippen molar-refractivity contribution in [2.75, 3.05) is 16.5 Å². The van der Waals surface area contributed by atoms with Gasteiger partial charge in [0.2, 0.25) is 5.56 Å². The van der Waals surface area contributed by atoms with Gasteiger partial charge in [-0.15, -0.1) is 0 Å². The molecule has 176 valence electrons. The highest BCUT2D eigenvalue weighted by atomic mass is 19.4. The van der Waals surface area contributed by atoms with Crippen LogP contribution in [0.15, 0.2) is 53.3 Å². The van der Waals surface area contributed by atoms with Crippen LogP contribution in [-0.2, 0) is 19.0 Å². The number of amides is 1. The number of aromatic amines is 1. The Morgan fingerprint density at radius 3 is 2.32 bits per heavy atom. The first-order valence-electron chi connectivity index (χ1n) is 11.0. The van der Waals surface area contributed by atoms with Crippen LogP contribution in [0.4, 0.5) is 34.6 Å². The molecule has 1 aromatic heterocycles. The number of nitrogens with one attached hydrogen (secondary N) is 1. The Labute approximate surface area is 192 Å². The van der Waals surface area contributed by atoms with Crippen molar-refractivity contribution >= 4 is 23.0 Å². The molecule has 0 saturated carbocycles. The van der Waals surface area contributed by atoms with Gasteiger partial charge in [-0.2, -0.15) is 13.2 Å². The van der Waals surface area contributed by atoms with E-state index in [2.05, 4.69) is 4.98 Å². The smallest absolute Gasteiger partial charge is 0.324 e. The van der Waals surface area contributed by atoms with Gasteiger partial charge in [-0.1, -0.05) is 6.42 Å². The van der Waals surface area contributed by atoms with E-state index < -0.39 is 23.5 Å². The number of fused-ring (bicyclic) bond motifs is 8. The van der Waals surface area contributed by atoms with E-state index in [1.165, 1.54) is 35.2 Å². The summed E-state index contributed by atoms with van der Waals surface area (Å²) in [5, 5.41) is 0. The molecular weight excluding hydrogens is 450 g/mol. The van der Waals surface area contributed by atoms with E-state index in [1.807, 2.05) is 0 Å². The first-order valence-corrected chi connectivity index (χ1v) is 11.0. The molecule has 2 aromatic carbocycles. The summed E-state index contributed by atoms with van der Waals surface area (Å²) < 4.78 is 54.6. The van der Waals surface area contributed by atoms with Crippen molar-refractivity contribution in [3.8, 4) is 0 Å². The number of aryl methyl sites for hydroxylation is 2. The van der Waals surface area contributed by atoms with Crippen molar-refractivity contribution in [1.82, 2.24) is 4.98 Å². The number of benzene rings is 2. The van der Waals surface area contributed by atoms with E-state index in [0.29, 0.717) is 35.6 Å². The second-order valence-corrected chi connectivity index (χ2v) is 8.55. The quantitative estimate of drug-likeness (QED) is 0.437. The van der Waals surface area contributed by atoms with E-state index in [-0.39, 0.29) is 17.8 Å². The number of nitrogens with zero attached hydrogens (tertiary/aromatic N) is 2. The predicted octanol–water partition coefficient (Wildman–Crippen LogP) is 5.56. The fourth-order valence-electron chi connectivity index (χ4n) is 4.70. The average molecular weight is 471 g/mol. The van der Waals surface area contributed by atoms with Crippen molar-refractivity contribution in [2.45, 2.75) is 38.3 Å². The van der Waals surface area contributed by atoms with Crippen LogP contribution in [0.2, 0.25) is 0 Å². The molecule has 9 heteroatoms. The molecule has 5 rings (SSSR count). The summed E-state index contributed by atoms with van der Waals surface area (Å²) in [5.74, 6) is -0.988. The second kappa shape index (κ2) is 8.30. The van der Waals surface area contributed by atoms with Crippen LogP contribution in [-0.4, -0.2) is 17.6 Å². The molecule has 2 aliphatic heterocycles. The van der Waals surface area contributed by atoms with Gasteiger partial charge in [-0.05, 0) is 73.7 Å². The molecule has 0 aliphatic carbocycles. The zero-order valence-corrected chi connectivity index (χ0v) is 18.1. The molecule has 5 nitrogen and oxygen atoms in total. The van der Waals surface area contributed by atoms with Gasteiger partial charge in [-0.25, -0.2) is 4.39 Å². The first-order chi connectivity index (χ1) is 16.2. The lowest BCUT2D eigenvalue weighted by Crippen LogP contribution is -2.46. The number of anilines is 3. The van der Waals surface area contributed by atoms with Gasteiger partial charge in [0.05, 0.1) is 22.5 Å². The summed E-state index contributed by atoms with van der Waals surface area (Å²) >= 11 is 0. The number of carbonyl (C=O) groups excluding carboxylic acids is 1. The Hall–Kier alpha value is -3.62. The highest BCUT2D eigenvalue weighted by Gasteiger charge is 2.37. The highest BCUT2D eigenvalue weighted by molar-refractivity contribution is 6.13. The average Bonchev–Trinajstić information content (AvgIpc) is 2.79. The minimum Gasteiger partial charge on any atom is -0.324 e. The highest BCUT2D eigenvalue weighted by Crippen LogP contribution is 2.41. The number of alkyl halides is 3. The normalized spacial score (nSPS) is 16.2. The van der Waals surface area contributed by atoms with Crippen LogP contribution in [0, 0.1) is 5.82 Å². The lowest BCUT2D eigenvalue weighted by Gasteiger charge is -2.40. The maximum atomic E-state index is 14.1. The van der Waals surface area contributed by atoms with Gasteiger partial charge in [0.25, 0.3) is 5.91 Å². The third kappa shape index (κ3) is 3.95. The van der Waals surface area contributed by atoms with Crippen LogP contribution in [0.5, 0.6) is 0 Å². The maximum Gasteiger partial charge on any atom is 0.416 e. The summed E-state index contributed by atoms with van der Waals surface area (Å²) in [6.07, 6.45) is -1.21. The van der Waals surface area contributed by atoms with Gasteiger partial charge < -0.3 is 9.88 Å². The van der Waals surface area contributed by atoms with Crippen LogP contribution in [0.25, 0.3) is 0 Å². The molecule has 0 atom stereocenters. The lowest BCUT2D eigenvalue weighted by molar-refractivity contribution is -0.137. The number of rotatable bonds is 0. The van der Waals surface area contributed by atoms with Gasteiger partial charge in [0.15, 0.2) is 0 Å². The van der Waals surface area contributed by atoms with E-state index in [4.69, 9.17) is 0 Å². The molecule has 2 aliphatic rings. The van der Waals surface area contributed by atoms with Crippen LogP contribution >= 0.6 is 0 Å². The SMILES string of the molecule is O=C1c2cc(C(F)(F)F)ccc2N2CN1c1ccc(=O)[nH]c1CCCCCc1cc(F)ccc12. The van der Waals surface area contributed by atoms with Crippen molar-refractivity contribution in [3.63, 3.8) is 0 Å². The number of aromatic nitrogens is 1. The maximum absolute atomic E-state index is 14.1. The van der Waals surface area contributed by atoms with E-state index in [9.17, 15) is 27.2 Å². The zero-order chi connectivity index (χ0) is 24.0. The van der Waals surface area contributed by atoms with Crippen LogP contribution in [0.3, 0.4) is 0 Å². The number of carbonyl (C=O) groups is 1. The predicted molar refractivity (Wildman–Crippen MR) is 120 cm³/mol. The number of pyridine rings is 1. The van der Waals surface area contributed by atoms with Gasteiger partial charge in [0, 0.05) is 17.4 Å². The minimum atomic E-state index is -4.62. The Bertz CT molecular complexity index is 1330. The molecule has 34 heavy (non-hydrogen) atoms. The fourth-order valence-corrected chi connectivity index (χ4v) is 4.70. The Kier molecular flexibility index (Phi) is 5.42. The van der Waals surface area contributed by atoms with E-state index in [0.717, 1.165) is 37.0 Å². The van der Waals surface area contributed by atoms with Gasteiger partial charge in [-0.3, -0.25) is 14.5 Å². The monoisotopic (exact) mass is 471 g/mol. The molecule has 0 saturated heterocycles. The van der Waals surface area contributed by atoms with Crippen molar-refractivity contribution < 1.29 is 22.4 Å². The number of H-pyrrole nitrogens is 1. The summed E-state index contributed by atoms with van der Waals surface area (Å²) in [6.45, 7) is 0.00880. The largest absolute Gasteiger partial charge is 0.416 e. The summed E-state index contributed by atoms with van der Waals surface area (Å²) in [4.78, 5) is 31.4. The first kappa shape index (κ1) is 22.2. The minimum absolute atomic E-state index is 0.00880. The molecule has 1 N–H and O–H groups in total. The fraction of sp³-hybridized carbons (Fsp3) is 0.280. The molecule has 3 aromatic rings. The standard InChI is InChI=1S/C25H21F4N3O2/c26-17-7-9-20-15(12-17)4-2-1-3-5-19-22(10-11-23(33)30-19)32-14-31(20)21-8-6-16(25(27,28)29)13-18(21)24(32)34/h6-13H,1-5,14H2,(H,30,33). The number of hydrogen-bond acceptors (Lipinski definition) is 3. The van der Waals surface area contributed by atoms with E-state index in [1.54, 1.807) is 11.0 Å². The summed E-state index contributed by atoms with van der Waals surface area (Å²) in [6, 6.07) is 10.3. The third-order valence-corrected chi connectivity index (χ3v) is 6.34. The summed E-state index contributed by atoms with van der Waals surface area (Å²) in [7, 11) is 0. The molecule has 0 fully saturated rings. The Balaban J connectivity index is 1.75. The number of halogens is 4. The van der Waals surface area contributed by atoms with Gasteiger partial charge in [0.1, 0.15) is 12.5 Å². The third-order valence-electron chi connectivity index (χ3n) is 6.34. The van der Waals surface area contributed by atoms with Crippen molar-refractivity contribution in [1.29, 1.82) is 0 Å². The number of hydrogen-bond donors (Lipinski definition) is 1. The Morgan fingerprint density at radius 1 is 0.794 bits per heavy atom. The molecule has 0 radical (unpaired) electrons. The van der Waals surface area contributed by atoms with Crippen molar-refractivity contribution in [2.24, 2.45) is 0 Å². The molecule has 0 spiro atoms. The molecule has 2 bridgehead atoms. The molecular formula is C25H21F4N3O2.